The van der Waals surface area contributed by atoms with Crippen molar-refractivity contribution >= 4 is 0 Å². The fraction of sp³-hybridized carbons (Fsp3) is 0.308. The van der Waals surface area contributed by atoms with Crippen molar-refractivity contribution in [3.8, 4) is 5.69 Å². The summed E-state index contributed by atoms with van der Waals surface area (Å²) in [6.07, 6.45) is -4.04. The average Bonchev–Trinajstić information content (AvgIpc) is 2.80. The van der Waals surface area contributed by atoms with Crippen LogP contribution >= 0.6 is 0 Å². The molecule has 0 spiro atoms. The van der Waals surface area contributed by atoms with Crippen LogP contribution in [-0.4, -0.2) is 14.9 Å². The van der Waals surface area contributed by atoms with Gasteiger partial charge in [0.2, 0.25) is 0 Å². The largest absolute Gasteiger partial charge is 0.419 e. The van der Waals surface area contributed by atoms with E-state index in [4.69, 9.17) is 0 Å². The predicted molar refractivity (Wildman–Crippen MR) is 63.9 cm³/mol. The van der Waals surface area contributed by atoms with E-state index in [1.54, 1.807) is 0 Å². The summed E-state index contributed by atoms with van der Waals surface area (Å²) in [5.74, 6) is -0.534. The topological polar surface area (TPSA) is 38.0 Å². The predicted octanol–water partition coefficient (Wildman–Crippen LogP) is 3.39. The molecule has 1 heterocycles. The number of halogens is 4. The Hall–Kier alpha value is -1.89. The minimum Gasteiger partial charge on any atom is -0.389 e. The van der Waals surface area contributed by atoms with Crippen molar-refractivity contribution in [2.45, 2.75) is 26.1 Å². The SMILES string of the molecule is Cc1cc(-n2cc(C(F)(F)F)cn2)c(C(C)O)cc1F. The van der Waals surface area contributed by atoms with Crippen molar-refractivity contribution in [1.82, 2.24) is 9.78 Å². The fourth-order valence-corrected chi connectivity index (χ4v) is 1.82. The molecule has 1 aromatic heterocycles. The van der Waals surface area contributed by atoms with E-state index in [0.29, 0.717) is 6.20 Å². The third-order valence-corrected chi connectivity index (χ3v) is 2.91. The van der Waals surface area contributed by atoms with E-state index in [2.05, 4.69) is 5.10 Å². The van der Waals surface area contributed by atoms with Crippen molar-refractivity contribution in [3.05, 3.63) is 47.0 Å². The van der Waals surface area contributed by atoms with Gasteiger partial charge in [0.15, 0.2) is 0 Å². The lowest BCUT2D eigenvalue weighted by Crippen LogP contribution is -2.06. The van der Waals surface area contributed by atoms with Crippen LogP contribution in [0.25, 0.3) is 5.69 Å². The molecular formula is C13H12F4N2O. The van der Waals surface area contributed by atoms with E-state index in [-0.39, 0.29) is 16.8 Å². The quantitative estimate of drug-likeness (QED) is 0.860. The highest BCUT2D eigenvalue weighted by Gasteiger charge is 2.32. The Morgan fingerprint density at radius 1 is 1.30 bits per heavy atom. The van der Waals surface area contributed by atoms with Gasteiger partial charge in [0.25, 0.3) is 0 Å². The van der Waals surface area contributed by atoms with Gasteiger partial charge in [-0.05, 0) is 31.5 Å². The monoisotopic (exact) mass is 288 g/mol. The number of hydrogen-bond acceptors (Lipinski definition) is 2. The maximum absolute atomic E-state index is 13.5. The second-order valence-corrected chi connectivity index (χ2v) is 4.51. The molecule has 2 aromatic rings. The summed E-state index contributed by atoms with van der Waals surface area (Å²) in [7, 11) is 0. The van der Waals surface area contributed by atoms with Crippen LogP contribution in [0.4, 0.5) is 17.6 Å². The maximum Gasteiger partial charge on any atom is 0.419 e. The van der Waals surface area contributed by atoms with E-state index in [1.807, 2.05) is 0 Å². The Labute approximate surface area is 112 Å². The lowest BCUT2D eigenvalue weighted by molar-refractivity contribution is -0.137. The van der Waals surface area contributed by atoms with Gasteiger partial charge in [0.1, 0.15) is 5.82 Å². The van der Waals surface area contributed by atoms with E-state index in [1.165, 1.54) is 19.9 Å². The number of benzene rings is 1. The number of aliphatic hydroxyl groups is 1. The number of alkyl halides is 3. The number of aryl methyl sites for hydroxylation is 1. The molecule has 1 atom stereocenters. The molecule has 0 amide bonds. The molecule has 0 bridgehead atoms. The van der Waals surface area contributed by atoms with E-state index in [9.17, 15) is 22.7 Å². The first-order chi connectivity index (χ1) is 9.20. The minimum atomic E-state index is -4.50. The highest BCUT2D eigenvalue weighted by atomic mass is 19.4. The van der Waals surface area contributed by atoms with Gasteiger partial charge in [0.05, 0.1) is 23.6 Å². The van der Waals surface area contributed by atoms with Gasteiger partial charge in [-0.2, -0.15) is 18.3 Å². The zero-order valence-electron chi connectivity index (χ0n) is 10.7. The summed E-state index contributed by atoms with van der Waals surface area (Å²) in [4.78, 5) is 0. The summed E-state index contributed by atoms with van der Waals surface area (Å²) in [5, 5.41) is 13.2. The number of aliphatic hydroxyl groups excluding tert-OH is 1. The van der Waals surface area contributed by atoms with Gasteiger partial charge in [-0.25, -0.2) is 9.07 Å². The molecule has 2 rings (SSSR count). The second kappa shape index (κ2) is 4.90. The summed E-state index contributed by atoms with van der Waals surface area (Å²) >= 11 is 0. The van der Waals surface area contributed by atoms with Crippen molar-refractivity contribution in [3.63, 3.8) is 0 Å². The first kappa shape index (κ1) is 14.5. The van der Waals surface area contributed by atoms with Crippen LogP contribution in [0.2, 0.25) is 0 Å². The smallest absolute Gasteiger partial charge is 0.389 e. The van der Waals surface area contributed by atoms with E-state index < -0.39 is 23.7 Å². The molecule has 0 aliphatic rings. The van der Waals surface area contributed by atoms with Crippen molar-refractivity contribution in [2.75, 3.05) is 0 Å². The second-order valence-electron chi connectivity index (χ2n) is 4.51. The van der Waals surface area contributed by atoms with Crippen LogP contribution in [0.3, 0.4) is 0 Å². The number of hydrogen-bond donors (Lipinski definition) is 1. The standard InChI is InChI=1S/C13H12F4N2O/c1-7-3-12(10(8(2)20)4-11(7)14)19-6-9(5-18-19)13(15,16)17/h3-6,8,20H,1-2H3. The van der Waals surface area contributed by atoms with Crippen molar-refractivity contribution in [1.29, 1.82) is 0 Å². The molecule has 7 heteroatoms. The number of nitrogens with zero attached hydrogens (tertiary/aromatic N) is 2. The van der Waals surface area contributed by atoms with Crippen LogP contribution in [0, 0.1) is 12.7 Å². The fourth-order valence-electron chi connectivity index (χ4n) is 1.82. The van der Waals surface area contributed by atoms with Gasteiger partial charge >= 0.3 is 6.18 Å². The molecule has 0 saturated heterocycles. The Balaban J connectivity index is 2.57. The first-order valence-corrected chi connectivity index (χ1v) is 5.80. The van der Waals surface area contributed by atoms with Crippen LogP contribution in [0.1, 0.15) is 29.7 Å². The maximum atomic E-state index is 13.5. The molecule has 0 radical (unpaired) electrons. The van der Waals surface area contributed by atoms with Gasteiger partial charge in [0, 0.05) is 11.8 Å². The van der Waals surface area contributed by atoms with Gasteiger partial charge in [-0.15, -0.1) is 0 Å². The van der Waals surface area contributed by atoms with Crippen LogP contribution in [0.5, 0.6) is 0 Å². The highest BCUT2D eigenvalue weighted by molar-refractivity contribution is 5.45. The molecule has 0 aliphatic heterocycles. The van der Waals surface area contributed by atoms with Crippen LogP contribution in [-0.2, 0) is 6.18 Å². The van der Waals surface area contributed by atoms with Gasteiger partial charge < -0.3 is 5.11 Å². The first-order valence-electron chi connectivity index (χ1n) is 5.80. The van der Waals surface area contributed by atoms with Crippen molar-refractivity contribution < 1.29 is 22.7 Å². The molecule has 3 nitrogen and oxygen atoms in total. The normalized spacial score (nSPS) is 13.6. The molecule has 20 heavy (non-hydrogen) atoms. The van der Waals surface area contributed by atoms with Gasteiger partial charge in [-0.3, -0.25) is 0 Å². The molecular weight excluding hydrogens is 276 g/mol. The zero-order chi connectivity index (χ0) is 15.1. The third kappa shape index (κ3) is 2.67. The highest BCUT2D eigenvalue weighted by Crippen LogP contribution is 2.31. The lowest BCUT2D eigenvalue weighted by atomic mass is 10.0. The van der Waals surface area contributed by atoms with Crippen LogP contribution in [0.15, 0.2) is 24.5 Å². The summed E-state index contributed by atoms with van der Waals surface area (Å²) < 4.78 is 52.2. The average molecular weight is 288 g/mol. The lowest BCUT2D eigenvalue weighted by Gasteiger charge is -2.13. The molecule has 0 saturated carbocycles. The molecule has 1 unspecified atom stereocenters. The number of rotatable bonds is 2. The van der Waals surface area contributed by atoms with E-state index >= 15 is 0 Å². The van der Waals surface area contributed by atoms with Crippen LogP contribution < -0.4 is 0 Å². The molecule has 0 fully saturated rings. The van der Waals surface area contributed by atoms with Gasteiger partial charge in [-0.1, -0.05) is 0 Å². The Kier molecular flexibility index (Phi) is 3.56. The minimum absolute atomic E-state index is 0.171. The molecule has 1 N–H and O–H groups in total. The Morgan fingerprint density at radius 2 is 1.95 bits per heavy atom. The van der Waals surface area contributed by atoms with Crippen molar-refractivity contribution in [2.24, 2.45) is 0 Å². The number of aromatic nitrogens is 2. The molecule has 1 aromatic carbocycles. The molecule has 108 valence electrons. The third-order valence-electron chi connectivity index (χ3n) is 2.91. The van der Waals surface area contributed by atoms with E-state index in [0.717, 1.165) is 16.9 Å². The summed E-state index contributed by atoms with van der Waals surface area (Å²) in [6.45, 7) is 2.89. The molecule has 0 aliphatic carbocycles. The summed E-state index contributed by atoms with van der Waals surface area (Å²) in [5.41, 5.74) is -0.260. The zero-order valence-corrected chi connectivity index (χ0v) is 10.7. The Morgan fingerprint density at radius 3 is 2.45 bits per heavy atom. The Bertz CT molecular complexity index is 632. The summed E-state index contributed by atoms with van der Waals surface area (Å²) in [6, 6.07) is 2.45.